The van der Waals surface area contributed by atoms with Crippen LogP contribution in [0.5, 0.6) is 0 Å². The number of hydrogen-bond acceptors (Lipinski definition) is 5. The van der Waals surface area contributed by atoms with Crippen LogP contribution in [0.3, 0.4) is 0 Å². The van der Waals surface area contributed by atoms with Gasteiger partial charge in [0, 0.05) is 25.4 Å². The zero-order valence-corrected chi connectivity index (χ0v) is 16.1. The van der Waals surface area contributed by atoms with Gasteiger partial charge in [-0.3, -0.25) is 19.4 Å². The van der Waals surface area contributed by atoms with Gasteiger partial charge in [0.05, 0.1) is 35.9 Å². The summed E-state index contributed by atoms with van der Waals surface area (Å²) in [5, 5.41) is 17.6. The number of nitrogens with zero attached hydrogens (tertiary/aromatic N) is 2. The van der Waals surface area contributed by atoms with E-state index in [9.17, 15) is 14.7 Å². The van der Waals surface area contributed by atoms with Gasteiger partial charge in [0.15, 0.2) is 0 Å². The fraction of sp³-hybridized carbons (Fsp3) is 0.400. The number of carboxylic acid groups (broad SMARTS) is 2. The second kappa shape index (κ2) is 9.27. The molecular formula is C20H24N2O6. The number of fused-ring (bicyclic) bond motifs is 1. The van der Waals surface area contributed by atoms with Crippen molar-refractivity contribution < 1.29 is 29.3 Å². The Hall–Kier alpha value is -3.00. The van der Waals surface area contributed by atoms with Crippen molar-refractivity contribution in [3.63, 3.8) is 0 Å². The van der Waals surface area contributed by atoms with E-state index in [4.69, 9.17) is 14.6 Å². The summed E-state index contributed by atoms with van der Waals surface area (Å²) < 4.78 is 5.31. The Labute approximate surface area is 162 Å². The summed E-state index contributed by atoms with van der Waals surface area (Å²) >= 11 is 0. The highest BCUT2D eigenvalue weighted by Gasteiger charge is 2.28. The molecule has 1 aromatic carbocycles. The van der Waals surface area contributed by atoms with E-state index in [2.05, 4.69) is 4.98 Å². The van der Waals surface area contributed by atoms with Crippen molar-refractivity contribution in [2.24, 2.45) is 5.92 Å². The summed E-state index contributed by atoms with van der Waals surface area (Å²) in [4.78, 5) is 39.3. The van der Waals surface area contributed by atoms with Crippen molar-refractivity contribution in [1.82, 2.24) is 9.88 Å². The smallest absolute Gasteiger partial charge is 0.310 e. The number of carbonyl (C=O) groups is 3. The largest absolute Gasteiger partial charge is 0.481 e. The Morgan fingerprint density at radius 2 is 1.89 bits per heavy atom. The van der Waals surface area contributed by atoms with E-state index in [0.717, 1.165) is 23.4 Å². The number of ether oxygens (including phenoxy) is 1. The molecule has 3 rings (SSSR count). The van der Waals surface area contributed by atoms with Crippen LogP contribution in [-0.4, -0.2) is 64.2 Å². The van der Waals surface area contributed by atoms with Crippen molar-refractivity contribution in [2.75, 3.05) is 26.3 Å². The fourth-order valence-corrected chi connectivity index (χ4v) is 2.97. The average molecular weight is 388 g/mol. The first-order valence-electron chi connectivity index (χ1n) is 8.87. The van der Waals surface area contributed by atoms with Gasteiger partial charge in [0.2, 0.25) is 0 Å². The van der Waals surface area contributed by atoms with Gasteiger partial charge in [0.25, 0.3) is 11.9 Å². The normalized spacial score (nSPS) is 16.7. The predicted octanol–water partition coefficient (Wildman–Crippen LogP) is 2.12. The van der Waals surface area contributed by atoms with Crippen molar-refractivity contribution >= 4 is 28.7 Å². The zero-order chi connectivity index (χ0) is 20.8. The molecule has 1 atom stereocenters. The number of aliphatic carboxylic acids is 2. The number of amides is 1. The first-order chi connectivity index (χ1) is 13.2. The molecule has 1 aromatic heterocycles. The van der Waals surface area contributed by atoms with Crippen LogP contribution >= 0.6 is 0 Å². The molecule has 8 heteroatoms. The molecule has 0 spiro atoms. The second-order valence-corrected chi connectivity index (χ2v) is 6.65. The highest BCUT2D eigenvalue weighted by atomic mass is 16.5. The summed E-state index contributed by atoms with van der Waals surface area (Å²) in [6.07, 6.45) is 0. The highest BCUT2D eigenvalue weighted by Crippen LogP contribution is 2.21. The lowest BCUT2D eigenvalue weighted by Gasteiger charge is -2.22. The SMILES string of the molecule is CC(=O)O.Cc1nc2c(C)cccc2cc1C(=O)N1CCOCC(C(=O)O)C1. The van der Waals surface area contributed by atoms with E-state index < -0.39 is 17.9 Å². The van der Waals surface area contributed by atoms with Gasteiger partial charge < -0.3 is 19.8 Å². The van der Waals surface area contributed by atoms with E-state index in [1.807, 2.05) is 38.1 Å². The van der Waals surface area contributed by atoms with E-state index in [0.29, 0.717) is 24.4 Å². The fourth-order valence-electron chi connectivity index (χ4n) is 2.97. The minimum absolute atomic E-state index is 0.132. The van der Waals surface area contributed by atoms with E-state index in [1.165, 1.54) is 0 Å². The van der Waals surface area contributed by atoms with Crippen LogP contribution in [0.4, 0.5) is 0 Å². The van der Waals surface area contributed by atoms with Gasteiger partial charge in [-0.2, -0.15) is 0 Å². The quantitative estimate of drug-likeness (QED) is 0.809. The maximum absolute atomic E-state index is 12.9. The van der Waals surface area contributed by atoms with Gasteiger partial charge in [-0.05, 0) is 25.5 Å². The lowest BCUT2D eigenvalue weighted by Crippen LogP contribution is -2.38. The molecule has 28 heavy (non-hydrogen) atoms. The molecule has 0 bridgehead atoms. The molecule has 8 nitrogen and oxygen atoms in total. The van der Waals surface area contributed by atoms with Crippen molar-refractivity contribution in [1.29, 1.82) is 0 Å². The summed E-state index contributed by atoms with van der Waals surface area (Å²) in [6.45, 7) is 5.89. The molecule has 2 N–H and O–H groups in total. The number of hydrogen-bond donors (Lipinski definition) is 2. The number of aromatic nitrogens is 1. The Kier molecular flexibility index (Phi) is 7.06. The monoisotopic (exact) mass is 388 g/mol. The number of benzene rings is 1. The van der Waals surface area contributed by atoms with Crippen LogP contribution in [0.1, 0.15) is 28.5 Å². The van der Waals surface area contributed by atoms with Crippen LogP contribution in [-0.2, 0) is 14.3 Å². The Bertz CT molecular complexity index is 892. The standard InChI is InChI=1S/C18H20N2O4.C2H4O2/c1-11-4-3-5-13-8-15(12(2)19-16(11)13)17(21)20-6-7-24-10-14(9-20)18(22)23;1-2(3)4/h3-5,8,14H,6-7,9-10H2,1-2H3,(H,22,23);1H3,(H,3,4). The van der Waals surface area contributed by atoms with Gasteiger partial charge in [-0.15, -0.1) is 0 Å². The third-order valence-corrected chi connectivity index (χ3v) is 4.37. The molecule has 1 unspecified atom stereocenters. The summed E-state index contributed by atoms with van der Waals surface area (Å²) in [5.74, 6) is -2.67. The highest BCUT2D eigenvalue weighted by molar-refractivity contribution is 5.99. The van der Waals surface area contributed by atoms with Crippen LogP contribution < -0.4 is 0 Å². The van der Waals surface area contributed by atoms with Gasteiger partial charge in [0.1, 0.15) is 0 Å². The Morgan fingerprint density at radius 3 is 2.54 bits per heavy atom. The van der Waals surface area contributed by atoms with Crippen LogP contribution in [0.15, 0.2) is 24.3 Å². The molecule has 0 aliphatic carbocycles. The Balaban J connectivity index is 0.000000640. The molecule has 1 aliphatic rings. The average Bonchev–Trinajstić information content (AvgIpc) is 2.87. The van der Waals surface area contributed by atoms with Crippen molar-refractivity contribution in [3.8, 4) is 0 Å². The molecule has 150 valence electrons. The molecule has 1 aliphatic heterocycles. The zero-order valence-electron chi connectivity index (χ0n) is 16.1. The van der Waals surface area contributed by atoms with Crippen molar-refractivity contribution in [3.05, 3.63) is 41.1 Å². The first kappa shape index (κ1) is 21.3. The number of rotatable bonds is 2. The van der Waals surface area contributed by atoms with Crippen LogP contribution in [0, 0.1) is 19.8 Å². The molecule has 1 amide bonds. The maximum Gasteiger partial charge on any atom is 0.310 e. The first-order valence-corrected chi connectivity index (χ1v) is 8.87. The molecule has 2 heterocycles. The molecule has 0 radical (unpaired) electrons. The van der Waals surface area contributed by atoms with E-state index >= 15 is 0 Å². The lowest BCUT2D eigenvalue weighted by atomic mass is 10.0. The third-order valence-electron chi connectivity index (χ3n) is 4.37. The second-order valence-electron chi connectivity index (χ2n) is 6.65. The van der Waals surface area contributed by atoms with E-state index in [-0.39, 0.29) is 19.1 Å². The number of pyridine rings is 1. The molecule has 0 saturated carbocycles. The number of aryl methyl sites for hydroxylation is 2. The molecule has 1 saturated heterocycles. The molecule has 1 fully saturated rings. The summed E-state index contributed by atoms with van der Waals surface area (Å²) in [7, 11) is 0. The summed E-state index contributed by atoms with van der Waals surface area (Å²) in [6, 6.07) is 7.69. The predicted molar refractivity (Wildman–Crippen MR) is 102 cm³/mol. The molecule has 2 aromatic rings. The topological polar surface area (TPSA) is 117 Å². The Morgan fingerprint density at radius 1 is 1.21 bits per heavy atom. The molecular weight excluding hydrogens is 364 g/mol. The number of para-hydroxylation sites is 1. The van der Waals surface area contributed by atoms with Gasteiger partial charge >= 0.3 is 5.97 Å². The minimum Gasteiger partial charge on any atom is -0.481 e. The lowest BCUT2D eigenvalue weighted by molar-refractivity contribution is -0.143. The minimum atomic E-state index is -0.946. The van der Waals surface area contributed by atoms with Crippen molar-refractivity contribution in [2.45, 2.75) is 20.8 Å². The van der Waals surface area contributed by atoms with Crippen LogP contribution in [0.25, 0.3) is 10.9 Å². The number of carbonyl (C=O) groups excluding carboxylic acids is 1. The van der Waals surface area contributed by atoms with Crippen LogP contribution in [0.2, 0.25) is 0 Å². The third kappa shape index (κ3) is 5.26. The van der Waals surface area contributed by atoms with Gasteiger partial charge in [-0.25, -0.2) is 0 Å². The van der Waals surface area contributed by atoms with E-state index in [1.54, 1.807) is 4.90 Å². The maximum atomic E-state index is 12.9. The van der Waals surface area contributed by atoms with Gasteiger partial charge in [-0.1, -0.05) is 18.2 Å². The summed E-state index contributed by atoms with van der Waals surface area (Å²) in [5.41, 5.74) is 3.11. The number of carboxylic acids is 2.